The molecule has 0 spiro atoms. The van der Waals surface area contributed by atoms with Gasteiger partial charge in [-0.2, -0.15) is 0 Å². The Kier molecular flexibility index (Phi) is 4.67. The second-order valence-corrected chi connectivity index (χ2v) is 9.88. The van der Waals surface area contributed by atoms with Crippen LogP contribution in [0.5, 0.6) is 0 Å². The third-order valence-corrected chi connectivity index (χ3v) is 7.69. The molecule has 0 fully saturated rings. The van der Waals surface area contributed by atoms with E-state index >= 15 is 0 Å². The first kappa shape index (κ1) is 15.0. The van der Waals surface area contributed by atoms with Gasteiger partial charge in [0, 0.05) is 5.69 Å². The van der Waals surface area contributed by atoms with Gasteiger partial charge >= 0.3 is 0 Å². The summed E-state index contributed by atoms with van der Waals surface area (Å²) in [7, 11) is -3.58. The second kappa shape index (κ2) is 5.29. The van der Waals surface area contributed by atoms with E-state index in [1.165, 1.54) is 6.92 Å². The van der Waals surface area contributed by atoms with Crippen molar-refractivity contribution >= 4 is 49.7 Å². The molecule has 2 atom stereocenters. The first-order valence-electron chi connectivity index (χ1n) is 4.86. The lowest BCUT2D eigenvalue weighted by Crippen LogP contribution is -2.34. The fraction of sp³-hybridized carbons (Fsp3) is 0.400. The summed E-state index contributed by atoms with van der Waals surface area (Å²) in [6.07, 6.45) is -1.31. The van der Waals surface area contributed by atoms with E-state index in [1.54, 1.807) is 46.9 Å². The predicted octanol–water partition coefficient (Wildman–Crippen LogP) is 2.06. The zero-order valence-corrected chi connectivity index (χ0v) is 12.8. The summed E-state index contributed by atoms with van der Waals surface area (Å²) >= 11 is 7.52. The second-order valence-electron chi connectivity index (χ2n) is 3.53. The monoisotopic (exact) mass is 389 g/mol. The van der Waals surface area contributed by atoms with Gasteiger partial charge < -0.3 is 10.8 Å². The Morgan fingerprint density at radius 3 is 2.35 bits per heavy atom. The first-order valence-corrected chi connectivity index (χ1v) is 7.97. The highest BCUT2D eigenvalue weighted by Crippen LogP contribution is 2.43. The lowest BCUT2D eigenvalue weighted by molar-refractivity contribution is 0.187. The summed E-state index contributed by atoms with van der Waals surface area (Å²) in [5.41, 5.74) is 6.47. The van der Waals surface area contributed by atoms with Crippen molar-refractivity contribution in [3.05, 3.63) is 29.8 Å². The van der Waals surface area contributed by atoms with Gasteiger partial charge in [0.05, 0.1) is 5.75 Å². The Bertz CT molecular complexity index is 487. The largest absolute Gasteiger partial charge is 0.399 e. The molecule has 96 valence electrons. The van der Waals surface area contributed by atoms with Crippen LogP contribution in [0.25, 0.3) is 0 Å². The van der Waals surface area contributed by atoms with Crippen molar-refractivity contribution in [2.75, 3.05) is 11.5 Å². The molecule has 7 heteroatoms. The number of sulfone groups is 1. The predicted molar refractivity (Wildman–Crippen MR) is 77.9 cm³/mol. The van der Waals surface area contributed by atoms with E-state index in [0.717, 1.165) is 0 Å². The molecule has 0 aromatic heterocycles. The smallest absolute Gasteiger partial charge is 0.225 e. The third kappa shape index (κ3) is 3.04. The summed E-state index contributed by atoms with van der Waals surface area (Å²) in [5.74, 6) is -0.133. The maximum Gasteiger partial charge on any atom is 0.225 e. The van der Waals surface area contributed by atoms with Crippen molar-refractivity contribution in [1.82, 2.24) is 0 Å². The van der Waals surface area contributed by atoms with Gasteiger partial charge in [-0.1, -0.05) is 30.7 Å². The number of hydrogen-bond acceptors (Lipinski definition) is 4. The van der Waals surface area contributed by atoms with Crippen LogP contribution in [-0.2, 0) is 9.84 Å². The highest BCUT2D eigenvalue weighted by atomic mass is 127. The lowest BCUT2D eigenvalue weighted by atomic mass is 10.1. The van der Waals surface area contributed by atoms with Crippen molar-refractivity contribution in [3.63, 3.8) is 0 Å². The molecule has 1 rings (SSSR count). The molecule has 0 aliphatic rings. The number of hydrogen-bond donors (Lipinski definition) is 2. The van der Waals surface area contributed by atoms with Crippen molar-refractivity contribution in [2.24, 2.45) is 0 Å². The quantitative estimate of drug-likeness (QED) is 0.469. The number of aliphatic hydroxyl groups is 1. The molecule has 0 saturated carbocycles. The molecule has 0 amide bonds. The van der Waals surface area contributed by atoms with Crippen molar-refractivity contribution in [2.45, 2.75) is 15.2 Å². The van der Waals surface area contributed by atoms with E-state index in [-0.39, 0.29) is 5.75 Å². The fourth-order valence-corrected chi connectivity index (χ4v) is 3.84. The molecule has 0 radical (unpaired) electrons. The minimum Gasteiger partial charge on any atom is -0.399 e. The van der Waals surface area contributed by atoms with Gasteiger partial charge in [-0.3, -0.25) is 0 Å². The molecular formula is C10H13ClINO3S. The highest BCUT2D eigenvalue weighted by Gasteiger charge is 2.45. The molecule has 0 unspecified atom stereocenters. The maximum atomic E-state index is 11.8. The number of aliphatic hydroxyl groups excluding tert-OH is 1. The van der Waals surface area contributed by atoms with Crippen LogP contribution < -0.4 is 5.73 Å². The Morgan fingerprint density at radius 1 is 1.47 bits per heavy atom. The van der Waals surface area contributed by atoms with E-state index in [0.29, 0.717) is 11.3 Å². The van der Waals surface area contributed by atoms with Gasteiger partial charge in [0.2, 0.25) is 2.21 Å². The minimum atomic E-state index is -3.58. The summed E-state index contributed by atoms with van der Waals surface area (Å²) in [6.45, 7) is 1.49. The van der Waals surface area contributed by atoms with Crippen LogP contribution in [0, 0.1) is 0 Å². The maximum absolute atomic E-state index is 11.8. The van der Waals surface area contributed by atoms with Crippen molar-refractivity contribution in [3.8, 4) is 0 Å². The van der Waals surface area contributed by atoms with Crippen LogP contribution in [0.4, 0.5) is 5.69 Å². The summed E-state index contributed by atoms with van der Waals surface area (Å²) in [5, 5.41) is 10.0. The minimum absolute atomic E-state index is 0.133. The molecule has 0 aliphatic heterocycles. The Hall–Kier alpha value is -0.0500. The van der Waals surface area contributed by atoms with Gasteiger partial charge in [-0.15, -0.1) is 0 Å². The van der Waals surface area contributed by atoms with Crippen LogP contribution in [0.2, 0.25) is 0 Å². The molecule has 17 heavy (non-hydrogen) atoms. The van der Waals surface area contributed by atoms with Crippen LogP contribution >= 0.6 is 34.2 Å². The average molecular weight is 390 g/mol. The molecule has 4 nitrogen and oxygen atoms in total. The SMILES string of the molecule is CCS(=O)(=O)[C@@](Cl)(I)[C@H](O)c1ccc(N)cc1. The summed E-state index contributed by atoms with van der Waals surface area (Å²) in [4.78, 5) is 0. The van der Waals surface area contributed by atoms with Crippen LogP contribution in [0.15, 0.2) is 24.3 Å². The molecule has 1 aromatic carbocycles. The number of halogens is 2. The number of alkyl halides is 2. The van der Waals surface area contributed by atoms with Gasteiger partial charge in [0.25, 0.3) is 0 Å². The molecular weight excluding hydrogens is 377 g/mol. The Labute approximate surface area is 119 Å². The molecule has 3 N–H and O–H groups in total. The summed E-state index contributed by atoms with van der Waals surface area (Å²) in [6, 6.07) is 6.28. The number of nitrogens with two attached hydrogens (primary N) is 1. The number of rotatable bonds is 4. The fourth-order valence-electron chi connectivity index (χ4n) is 1.23. The molecule has 0 heterocycles. The molecule has 0 bridgehead atoms. The van der Waals surface area contributed by atoms with E-state index in [2.05, 4.69) is 0 Å². The molecule has 0 saturated heterocycles. The molecule has 1 aromatic rings. The van der Waals surface area contributed by atoms with Crippen LogP contribution in [-0.4, -0.2) is 21.5 Å². The van der Waals surface area contributed by atoms with Gasteiger partial charge in [0.1, 0.15) is 6.10 Å². The standard InChI is InChI=1S/C10H13ClINO3S/c1-2-17(15,16)10(11,12)9(14)7-3-5-8(13)6-4-7/h3-6,9,14H,2,13H2,1H3/t9-,10+/m1/s1. The van der Waals surface area contributed by atoms with Crippen molar-refractivity contribution < 1.29 is 13.5 Å². The van der Waals surface area contributed by atoms with Gasteiger partial charge in [0.15, 0.2) is 9.84 Å². The molecule has 0 aliphatic carbocycles. The normalized spacial score (nSPS) is 17.4. The summed E-state index contributed by atoms with van der Waals surface area (Å²) < 4.78 is 21.8. The van der Waals surface area contributed by atoms with E-state index in [4.69, 9.17) is 17.3 Å². The number of anilines is 1. The number of nitrogen functional groups attached to an aromatic ring is 1. The van der Waals surface area contributed by atoms with Crippen LogP contribution in [0.3, 0.4) is 0 Å². The first-order chi connectivity index (χ1) is 7.72. The lowest BCUT2D eigenvalue weighted by Gasteiger charge is -2.25. The van der Waals surface area contributed by atoms with E-state index < -0.39 is 18.2 Å². The van der Waals surface area contributed by atoms with E-state index in [1.807, 2.05) is 0 Å². The topological polar surface area (TPSA) is 80.4 Å². The van der Waals surface area contributed by atoms with Gasteiger partial charge in [-0.05, 0) is 40.3 Å². The Morgan fingerprint density at radius 2 is 1.94 bits per heavy atom. The Balaban J connectivity index is 3.12. The highest BCUT2D eigenvalue weighted by molar-refractivity contribution is 14.1. The number of benzene rings is 1. The van der Waals surface area contributed by atoms with Gasteiger partial charge in [-0.25, -0.2) is 8.42 Å². The zero-order valence-electron chi connectivity index (χ0n) is 9.10. The average Bonchev–Trinajstić information content (AvgIpc) is 2.28. The van der Waals surface area contributed by atoms with E-state index in [9.17, 15) is 13.5 Å². The van der Waals surface area contributed by atoms with Crippen LogP contribution in [0.1, 0.15) is 18.6 Å². The van der Waals surface area contributed by atoms with Crippen molar-refractivity contribution in [1.29, 1.82) is 0 Å². The third-order valence-electron chi connectivity index (χ3n) is 2.37. The zero-order chi connectivity index (χ0) is 13.3.